The van der Waals surface area contributed by atoms with E-state index in [0.29, 0.717) is 5.56 Å². The van der Waals surface area contributed by atoms with Gasteiger partial charge in [0.1, 0.15) is 0 Å². The lowest BCUT2D eigenvalue weighted by molar-refractivity contribution is -0.384. The maximum absolute atomic E-state index is 12.7. The van der Waals surface area contributed by atoms with Crippen LogP contribution >= 0.6 is 0 Å². The Morgan fingerprint density at radius 2 is 1.74 bits per heavy atom. The van der Waals surface area contributed by atoms with Crippen LogP contribution in [0, 0.1) is 16.0 Å². The molecule has 0 bridgehead atoms. The molecule has 0 aromatic heterocycles. The van der Waals surface area contributed by atoms with Crippen LogP contribution in [0.5, 0.6) is 0 Å². The molecule has 2 aromatic carbocycles. The summed E-state index contributed by atoms with van der Waals surface area (Å²) in [5.41, 5.74) is 0.386. The molecule has 0 aliphatic carbocycles. The van der Waals surface area contributed by atoms with Gasteiger partial charge in [0, 0.05) is 12.1 Å². The molecule has 0 saturated heterocycles. The third-order valence-electron chi connectivity index (χ3n) is 3.96. The fourth-order valence-corrected chi connectivity index (χ4v) is 3.82. The van der Waals surface area contributed by atoms with Gasteiger partial charge in [-0.15, -0.1) is 0 Å². The first-order valence-corrected chi connectivity index (χ1v) is 9.73. The van der Waals surface area contributed by atoms with Crippen LogP contribution in [0.1, 0.15) is 25.5 Å². The topological polar surface area (TPSA) is 116 Å². The summed E-state index contributed by atoms with van der Waals surface area (Å²) in [6, 6.07) is 12.3. The third kappa shape index (κ3) is 5.11. The van der Waals surface area contributed by atoms with E-state index in [2.05, 4.69) is 4.72 Å². The average molecular weight is 392 g/mol. The first kappa shape index (κ1) is 20.5. The predicted molar refractivity (Wildman–Crippen MR) is 98.4 cm³/mol. The Morgan fingerprint density at radius 3 is 2.26 bits per heavy atom. The van der Waals surface area contributed by atoms with Crippen LogP contribution in [-0.4, -0.2) is 25.9 Å². The smallest absolute Gasteiger partial charge is 0.310 e. The van der Waals surface area contributed by atoms with E-state index in [4.69, 9.17) is 4.74 Å². The van der Waals surface area contributed by atoms with Crippen molar-refractivity contribution in [2.45, 2.75) is 24.8 Å². The van der Waals surface area contributed by atoms with Crippen molar-refractivity contribution >= 4 is 21.7 Å². The van der Waals surface area contributed by atoms with E-state index in [0.717, 1.165) is 24.3 Å². The van der Waals surface area contributed by atoms with Crippen LogP contribution in [0.3, 0.4) is 0 Å². The Balaban J connectivity index is 2.35. The Morgan fingerprint density at radius 1 is 1.15 bits per heavy atom. The minimum atomic E-state index is -4.02. The number of nitro groups is 1. The van der Waals surface area contributed by atoms with Crippen molar-refractivity contribution in [1.29, 1.82) is 0 Å². The normalized spacial score (nSPS) is 13.6. The average Bonchev–Trinajstić information content (AvgIpc) is 2.66. The Labute approximate surface area is 157 Å². The number of hydrogen-bond acceptors (Lipinski definition) is 6. The number of nitrogens with one attached hydrogen (secondary N) is 1. The van der Waals surface area contributed by atoms with Gasteiger partial charge in [-0.1, -0.05) is 37.3 Å². The number of hydrogen-bond donors (Lipinski definition) is 1. The van der Waals surface area contributed by atoms with Crippen molar-refractivity contribution < 1.29 is 22.9 Å². The van der Waals surface area contributed by atoms with Crippen LogP contribution in [0.4, 0.5) is 5.69 Å². The van der Waals surface area contributed by atoms with Gasteiger partial charge in [-0.05, 0) is 24.6 Å². The number of rotatable bonds is 8. The Hall–Kier alpha value is -2.78. The molecule has 0 spiro atoms. The monoisotopic (exact) mass is 392 g/mol. The summed E-state index contributed by atoms with van der Waals surface area (Å²) in [6.07, 6.45) is 0. The standard InChI is InChI=1S/C18H20N2O6S/c1-3-26-18(21)13(2)17(14-7-5-4-6-8-14)19-27(24,25)16-11-9-15(10-12-16)20(22)23/h4-13,17,19H,3H2,1-2H3/t13-,17+/m1/s1. The molecule has 2 rings (SSSR count). The fraction of sp³-hybridized carbons (Fsp3) is 0.278. The lowest BCUT2D eigenvalue weighted by Gasteiger charge is -2.24. The zero-order chi connectivity index (χ0) is 20.0. The third-order valence-corrected chi connectivity index (χ3v) is 5.41. The maximum atomic E-state index is 12.7. The first-order chi connectivity index (χ1) is 12.8. The molecule has 0 heterocycles. The van der Waals surface area contributed by atoms with E-state index < -0.39 is 32.9 Å². The highest BCUT2D eigenvalue weighted by atomic mass is 32.2. The SMILES string of the molecule is CCOC(=O)[C@H](C)[C@H](NS(=O)(=O)c1ccc([N+](=O)[O-])cc1)c1ccccc1. The number of carbonyl (C=O) groups excluding carboxylic acids is 1. The Bertz CT molecular complexity index is 897. The van der Waals surface area contributed by atoms with Crippen LogP contribution in [0.25, 0.3) is 0 Å². The zero-order valence-electron chi connectivity index (χ0n) is 14.9. The molecule has 2 atom stereocenters. The van der Waals surface area contributed by atoms with Gasteiger partial charge >= 0.3 is 5.97 Å². The minimum Gasteiger partial charge on any atom is -0.466 e. The highest BCUT2D eigenvalue weighted by Crippen LogP contribution is 2.26. The highest BCUT2D eigenvalue weighted by molar-refractivity contribution is 7.89. The van der Waals surface area contributed by atoms with Crippen molar-refractivity contribution in [2.75, 3.05) is 6.61 Å². The van der Waals surface area contributed by atoms with Crippen LogP contribution in [0.15, 0.2) is 59.5 Å². The van der Waals surface area contributed by atoms with Gasteiger partial charge in [0.25, 0.3) is 5.69 Å². The summed E-state index contributed by atoms with van der Waals surface area (Å²) in [4.78, 5) is 22.2. The van der Waals surface area contributed by atoms with E-state index in [1.54, 1.807) is 44.2 Å². The number of esters is 1. The van der Waals surface area contributed by atoms with Gasteiger partial charge in [0.2, 0.25) is 10.0 Å². The second kappa shape index (κ2) is 8.74. The number of nitrogens with zero attached hydrogens (tertiary/aromatic N) is 1. The summed E-state index contributed by atoms with van der Waals surface area (Å²) in [5, 5.41) is 10.7. The maximum Gasteiger partial charge on any atom is 0.310 e. The molecule has 2 aromatic rings. The van der Waals surface area contributed by atoms with Gasteiger partial charge in [-0.25, -0.2) is 13.1 Å². The second-order valence-corrected chi connectivity index (χ2v) is 7.52. The molecule has 27 heavy (non-hydrogen) atoms. The number of ether oxygens (including phenoxy) is 1. The van der Waals surface area contributed by atoms with Crippen LogP contribution in [-0.2, 0) is 19.6 Å². The molecule has 0 amide bonds. The molecule has 1 N–H and O–H groups in total. The fourth-order valence-electron chi connectivity index (χ4n) is 2.51. The summed E-state index contributed by atoms with van der Waals surface area (Å²) in [5.74, 6) is -1.31. The van der Waals surface area contributed by atoms with E-state index >= 15 is 0 Å². The van der Waals surface area contributed by atoms with E-state index in [1.807, 2.05) is 0 Å². The summed E-state index contributed by atoms with van der Waals surface area (Å²) < 4.78 is 33.0. The molecule has 144 valence electrons. The van der Waals surface area contributed by atoms with Crippen molar-refractivity contribution in [3.63, 3.8) is 0 Å². The van der Waals surface area contributed by atoms with Gasteiger partial charge < -0.3 is 4.74 Å². The molecule has 0 aliphatic heterocycles. The van der Waals surface area contributed by atoms with Crippen molar-refractivity contribution in [3.8, 4) is 0 Å². The predicted octanol–water partition coefficient (Wildman–Crippen LogP) is 2.81. The number of benzene rings is 2. The highest BCUT2D eigenvalue weighted by Gasteiger charge is 2.31. The van der Waals surface area contributed by atoms with Gasteiger partial charge in [0.05, 0.1) is 28.4 Å². The minimum absolute atomic E-state index is 0.134. The molecule has 8 nitrogen and oxygen atoms in total. The number of carbonyl (C=O) groups is 1. The number of nitro benzene ring substituents is 1. The van der Waals surface area contributed by atoms with E-state index in [1.165, 1.54) is 0 Å². The lowest BCUT2D eigenvalue weighted by Crippen LogP contribution is -2.36. The number of non-ortho nitro benzene ring substituents is 1. The van der Waals surface area contributed by atoms with Crippen molar-refractivity contribution in [3.05, 3.63) is 70.3 Å². The summed E-state index contributed by atoms with van der Waals surface area (Å²) in [6.45, 7) is 3.43. The van der Waals surface area contributed by atoms with Crippen LogP contribution < -0.4 is 4.72 Å². The van der Waals surface area contributed by atoms with Crippen molar-refractivity contribution in [1.82, 2.24) is 4.72 Å². The van der Waals surface area contributed by atoms with E-state index in [-0.39, 0.29) is 17.2 Å². The van der Waals surface area contributed by atoms with E-state index in [9.17, 15) is 23.3 Å². The Kier molecular flexibility index (Phi) is 6.65. The number of sulfonamides is 1. The molecule has 0 unspecified atom stereocenters. The molecule has 0 radical (unpaired) electrons. The lowest BCUT2D eigenvalue weighted by atomic mass is 9.95. The molecule has 0 fully saturated rings. The first-order valence-electron chi connectivity index (χ1n) is 8.24. The zero-order valence-corrected chi connectivity index (χ0v) is 15.7. The van der Waals surface area contributed by atoms with Crippen LogP contribution in [0.2, 0.25) is 0 Å². The van der Waals surface area contributed by atoms with Gasteiger partial charge in [-0.3, -0.25) is 14.9 Å². The second-order valence-electron chi connectivity index (χ2n) is 5.80. The van der Waals surface area contributed by atoms with Gasteiger partial charge in [-0.2, -0.15) is 0 Å². The molecule has 9 heteroatoms. The summed E-state index contributed by atoms with van der Waals surface area (Å²) in [7, 11) is -4.02. The van der Waals surface area contributed by atoms with Crippen molar-refractivity contribution in [2.24, 2.45) is 5.92 Å². The molecular weight excluding hydrogens is 372 g/mol. The quantitative estimate of drug-likeness (QED) is 0.419. The largest absolute Gasteiger partial charge is 0.466 e. The molecule has 0 saturated carbocycles. The molecule has 0 aliphatic rings. The van der Waals surface area contributed by atoms with Gasteiger partial charge in [0.15, 0.2) is 0 Å². The molecular formula is C18H20N2O6S. The summed E-state index contributed by atoms with van der Waals surface area (Å²) >= 11 is 0.